The first-order valence-corrected chi connectivity index (χ1v) is 7.84. The second-order valence-corrected chi connectivity index (χ2v) is 6.24. The maximum atomic E-state index is 13.6. The molecule has 0 radical (unpaired) electrons. The molecule has 3 nitrogen and oxygen atoms in total. The highest BCUT2D eigenvalue weighted by atomic mass is 79.9. The van der Waals surface area contributed by atoms with Crippen molar-refractivity contribution in [1.82, 2.24) is 4.90 Å². The van der Waals surface area contributed by atoms with Gasteiger partial charge in [-0.25, -0.2) is 4.39 Å². The van der Waals surface area contributed by atoms with Gasteiger partial charge in [0, 0.05) is 12.1 Å². The van der Waals surface area contributed by atoms with Gasteiger partial charge in [0.1, 0.15) is 5.82 Å². The molecule has 2 aliphatic rings. The van der Waals surface area contributed by atoms with Gasteiger partial charge in [0.05, 0.1) is 23.2 Å². The van der Waals surface area contributed by atoms with Crippen LogP contribution in [-0.4, -0.2) is 36.1 Å². The zero-order valence-corrected chi connectivity index (χ0v) is 12.7. The number of hydrogen-bond donors (Lipinski definition) is 0. The molecule has 0 spiro atoms. The number of halogens is 2. The van der Waals surface area contributed by atoms with E-state index >= 15 is 0 Å². The number of benzene rings is 1. The van der Waals surface area contributed by atoms with Gasteiger partial charge in [-0.2, -0.15) is 0 Å². The average molecular weight is 342 g/mol. The van der Waals surface area contributed by atoms with Gasteiger partial charge in [-0.05, 0) is 47.0 Å². The van der Waals surface area contributed by atoms with Crippen molar-refractivity contribution in [3.05, 3.63) is 34.1 Å². The van der Waals surface area contributed by atoms with Crippen LogP contribution in [0.5, 0.6) is 0 Å². The highest BCUT2D eigenvalue weighted by molar-refractivity contribution is 9.10. The number of carbonyl (C=O) groups excluding carboxylic acids is 1. The fraction of sp³-hybridized carbons (Fsp3) is 0.533. The monoisotopic (exact) mass is 341 g/mol. The summed E-state index contributed by atoms with van der Waals surface area (Å²) in [6, 6.07) is 4.71. The molecule has 1 aliphatic heterocycles. The molecule has 3 rings (SSSR count). The minimum atomic E-state index is -0.399. The molecule has 0 N–H and O–H groups in total. The minimum absolute atomic E-state index is 0.0865. The van der Waals surface area contributed by atoms with Gasteiger partial charge in [-0.3, -0.25) is 4.79 Å². The van der Waals surface area contributed by atoms with Crippen molar-refractivity contribution >= 4 is 21.8 Å². The first-order chi connectivity index (χ1) is 9.66. The smallest absolute Gasteiger partial charge is 0.254 e. The lowest BCUT2D eigenvalue weighted by Crippen LogP contribution is -2.54. The van der Waals surface area contributed by atoms with E-state index in [-0.39, 0.29) is 18.1 Å². The molecule has 1 saturated heterocycles. The molecule has 0 bridgehead atoms. The van der Waals surface area contributed by atoms with Crippen molar-refractivity contribution in [3.8, 4) is 0 Å². The van der Waals surface area contributed by atoms with Crippen molar-refractivity contribution in [2.24, 2.45) is 0 Å². The van der Waals surface area contributed by atoms with Crippen LogP contribution in [-0.2, 0) is 4.74 Å². The van der Waals surface area contributed by atoms with E-state index in [9.17, 15) is 9.18 Å². The topological polar surface area (TPSA) is 29.5 Å². The van der Waals surface area contributed by atoms with E-state index in [1.807, 2.05) is 4.90 Å². The molecular weight excluding hydrogens is 325 g/mol. The number of rotatable bonds is 1. The van der Waals surface area contributed by atoms with E-state index in [4.69, 9.17) is 4.74 Å². The molecule has 2 fully saturated rings. The number of carbonyl (C=O) groups is 1. The van der Waals surface area contributed by atoms with E-state index < -0.39 is 5.82 Å². The lowest BCUT2D eigenvalue weighted by Gasteiger charge is -2.43. The molecule has 1 aliphatic carbocycles. The maximum Gasteiger partial charge on any atom is 0.254 e. The molecule has 0 aromatic heterocycles. The first kappa shape index (κ1) is 14.0. The fourth-order valence-corrected chi connectivity index (χ4v) is 3.39. The Kier molecular flexibility index (Phi) is 4.08. The van der Waals surface area contributed by atoms with Crippen LogP contribution in [0.4, 0.5) is 4.39 Å². The van der Waals surface area contributed by atoms with E-state index in [1.54, 1.807) is 12.1 Å². The number of fused-ring (bicyclic) bond motifs is 1. The minimum Gasteiger partial charge on any atom is -0.374 e. The van der Waals surface area contributed by atoms with Crippen LogP contribution in [0.15, 0.2) is 22.7 Å². The molecule has 1 saturated carbocycles. The summed E-state index contributed by atoms with van der Waals surface area (Å²) >= 11 is 3.11. The summed E-state index contributed by atoms with van der Waals surface area (Å²) in [7, 11) is 0. The quantitative estimate of drug-likeness (QED) is 0.783. The third-order valence-corrected chi connectivity index (χ3v) is 4.80. The normalized spacial score (nSPS) is 26.2. The predicted octanol–water partition coefficient (Wildman–Crippen LogP) is 3.37. The second-order valence-electron chi connectivity index (χ2n) is 5.39. The SMILES string of the molecule is O=C(c1ccc(Br)c(F)c1)N1CCOC2CCCCC21. The Labute approximate surface area is 126 Å². The van der Waals surface area contributed by atoms with Crippen LogP contribution < -0.4 is 0 Å². The predicted molar refractivity (Wildman–Crippen MR) is 77.1 cm³/mol. The molecule has 20 heavy (non-hydrogen) atoms. The molecule has 1 amide bonds. The summed E-state index contributed by atoms with van der Waals surface area (Å²) in [5.41, 5.74) is 0.414. The van der Waals surface area contributed by atoms with Gasteiger partial charge in [0.15, 0.2) is 0 Å². The van der Waals surface area contributed by atoms with Crippen LogP contribution in [0.25, 0.3) is 0 Å². The molecule has 5 heteroatoms. The highest BCUT2D eigenvalue weighted by Crippen LogP contribution is 2.29. The zero-order valence-electron chi connectivity index (χ0n) is 11.1. The molecule has 1 aromatic rings. The van der Waals surface area contributed by atoms with Gasteiger partial charge < -0.3 is 9.64 Å². The number of hydrogen-bond acceptors (Lipinski definition) is 2. The summed E-state index contributed by atoms with van der Waals surface area (Å²) < 4.78 is 19.7. The Morgan fingerprint density at radius 3 is 2.95 bits per heavy atom. The Balaban J connectivity index is 1.83. The summed E-state index contributed by atoms with van der Waals surface area (Å²) in [6.07, 6.45) is 4.44. The van der Waals surface area contributed by atoms with Crippen molar-refractivity contribution < 1.29 is 13.9 Å². The van der Waals surface area contributed by atoms with E-state index in [0.29, 0.717) is 23.2 Å². The lowest BCUT2D eigenvalue weighted by molar-refractivity contribution is -0.0752. The fourth-order valence-electron chi connectivity index (χ4n) is 3.14. The van der Waals surface area contributed by atoms with E-state index in [1.165, 1.54) is 6.07 Å². The number of ether oxygens (including phenoxy) is 1. The van der Waals surface area contributed by atoms with Crippen molar-refractivity contribution in [2.75, 3.05) is 13.2 Å². The Morgan fingerprint density at radius 1 is 1.35 bits per heavy atom. The standard InChI is InChI=1S/C15H17BrFNO2/c16-11-6-5-10(9-12(11)17)15(19)18-7-8-20-14-4-2-1-3-13(14)18/h5-6,9,13-14H,1-4,7-8H2. The highest BCUT2D eigenvalue weighted by Gasteiger charge is 2.37. The van der Waals surface area contributed by atoms with E-state index in [0.717, 1.165) is 25.7 Å². The summed E-state index contributed by atoms with van der Waals surface area (Å²) in [5, 5.41) is 0. The first-order valence-electron chi connectivity index (χ1n) is 7.04. The van der Waals surface area contributed by atoms with Gasteiger partial charge in [0.2, 0.25) is 0 Å². The zero-order chi connectivity index (χ0) is 14.1. The largest absolute Gasteiger partial charge is 0.374 e. The van der Waals surface area contributed by atoms with Crippen molar-refractivity contribution in [2.45, 2.75) is 37.8 Å². The van der Waals surface area contributed by atoms with Gasteiger partial charge in [0.25, 0.3) is 5.91 Å². The number of morpholine rings is 1. The van der Waals surface area contributed by atoms with Gasteiger partial charge in [-0.15, -0.1) is 0 Å². The number of nitrogens with zero attached hydrogens (tertiary/aromatic N) is 1. The van der Waals surface area contributed by atoms with Gasteiger partial charge >= 0.3 is 0 Å². The van der Waals surface area contributed by atoms with Crippen LogP contribution in [0.2, 0.25) is 0 Å². The van der Waals surface area contributed by atoms with E-state index in [2.05, 4.69) is 15.9 Å². The lowest BCUT2D eigenvalue weighted by atomic mass is 9.89. The maximum absolute atomic E-state index is 13.6. The molecule has 108 valence electrons. The Morgan fingerprint density at radius 2 is 2.15 bits per heavy atom. The van der Waals surface area contributed by atoms with Crippen LogP contribution in [0.3, 0.4) is 0 Å². The molecule has 2 atom stereocenters. The van der Waals surface area contributed by atoms with Crippen molar-refractivity contribution in [3.63, 3.8) is 0 Å². The van der Waals surface area contributed by atoms with Crippen LogP contribution in [0, 0.1) is 5.82 Å². The molecular formula is C15H17BrFNO2. The summed E-state index contributed by atoms with van der Waals surface area (Å²) in [4.78, 5) is 14.5. The number of amides is 1. The Hall–Kier alpha value is -0.940. The third-order valence-electron chi connectivity index (χ3n) is 4.16. The van der Waals surface area contributed by atoms with Crippen molar-refractivity contribution in [1.29, 1.82) is 0 Å². The second kappa shape index (κ2) is 5.82. The average Bonchev–Trinajstić information content (AvgIpc) is 2.49. The van der Waals surface area contributed by atoms with Crippen LogP contribution in [0.1, 0.15) is 36.0 Å². The Bertz CT molecular complexity index is 521. The van der Waals surface area contributed by atoms with Gasteiger partial charge in [-0.1, -0.05) is 12.8 Å². The molecule has 1 aromatic carbocycles. The van der Waals surface area contributed by atoms with Crippen LogP contribution >= 0.6 is 15.9 Å². The third kappa shape index (κ3) is 2.61. The molecule has 2 unspecified atom stereocenters. The molecule has 1 heterocycles. The summed E-state index contributed by atoms with van der Waals surface area (Å²) in [6.45, 7) is 1.17. The summed E-state index contributed by atoms with van der Waals surface area (Å²) in [5.74, 6) is -0.485.